The summed E-state index contributed by atoms with van der Waals surface area (Å²) >= 11 is 0. The largest absolute Gasteiger partial charge is 0.452 e. The number of aromatic nitrogens is 2. The number of rotatable bonds is 4. The summed E-state index contributed by atoms with van der Waals surface area (Å²) in [6.45, 7) is 3.22. The van der Waals surface area contributed by atoms with Crippen LogP contribution in [0, 0.1) is 13.8 Å². The summed E-state index contributed by atoms with van der Waals surface area (Å²) < 4.78 is 4.75. The van der Waals surface area contributed by atoms with Crippen LogP contribution in [0.3, 0.4) is 0 Å². The minimum atomic E-state index is -1.00. The molecule has 0 saturated heterocycles. The average molecular weight is 317 g/mol. The van der Waals surface area contributed by atoms with Crippen molar-refractivity contribution in [3.05, 3.63) is 61.9 Å². The molecular weight excluding hydrogens is 302 g/mol. The molecule has 0 aliphatic carbocycles. The van der Waals surface area contributed by atoms with Crippen molar-refractivity contribution in [2.24, 2.45) is 0 Å². The molecule has 0 saturated carbocycles. The molecule has 0 radical (unpaired) electrons. The summed E-state index contributed by atoms with van der Waals surface area (Å²) in [7, 11) is 0. The minimum Gasteiger partial charge on any atom is -0.452 e. The molecule has 1 aromatic carbocycles. The van der Waals surface area contributed by atoms with Gasteiger partial charge in [-0.05, 0) is 25.5 Å². The van der Waals surface area contributed by atoms with Crippen LogP contribution in [0.25, 0.3) is 0 Å². The van der Waals surface area contributed by atoms with Crippen LogP contribution in [0.15, 0.2) is 34.0 Å². The summed E-state index contributed by atoms with van der Waals surface area (Å²) in [5, 5.41) is 2.61. The van der Waals surface area contributed by atoms with Crippen LogP contribution in [-0.4, -0.2) is 28.5 Å². The first-order valence-electron chi connectivity index (χ1n) is 6.73. The van der Waals surface area contributed by atoms with E-state index in [4.69, 9.17) is 4.74 Å². The fourth-order valence-electron chi connectivity index (χ4n) is 1.91. The zero-order chi connectivity index (χ0) is 17.0. The number of aryl methyl sites for hydroxylation is 2. The first-order valence-corrected chi connectivity index (χ1v) is 6.73. The first kappa shape index (κ1) is 16.2. The summed E-state index contributed by atoms with van der Waals surface area (Å²) in [5.74, 6) is -1.54. The monoisotopic (exact) mass is 317 g/mol. The highest BCUT2D eigenvalue weighted by atomic mass is 16.5. The fraction of sp³-hybridized carbons (Fsp3) is 0.200. The third kappa shape index (κ3) is 4.16. The maximum Gasteiger partial charge on any atom is 0.345 e. The first-order chi connectivity index (χ1) is 10.9. The molecule has 2 rings (SSSR count). The van der Waals surface area contributed by atoms with Crippen molar-refractivity contribution in [3.8, 4) is 0 Å². The summed E-state index contributed by atoms with van der Waals surface area (Å²) in [4.78, 5) is 49.8. The molecule has 0 aliphatic rings. The van der Waals surface area contributed by atoms with Crippen molar-refractivity contribution < 1.29 is 14.3 Å². The Hall–Kier alpha value is -3.16. The van der Waals surface area contributed by atoms with E-state index < -0.39 is 29.7 Å². The normalized spacial score (nSPS) is 10.2. The maximum absolute atomic E-state index is 11.8. The quantitative estimate of drug-likeness (QED) is 0.708. The van der Waals surface area contributed by atoms with Crippen molar-refractivity contribution in [2.45, 2.75) is 13.8 Å². The van der Waals surface area contributed by atoms with Gasteiger partial charge in [-0.25, -0.2) is 9.59 Å². The highest BCUT2D eigenvalue weighted by molar-refractivity contribution is 5.95. The standard InChI is InChI=1S/C15H15N3O5/c1-8-3-4-11(9(2)5-8)17-12(19)7-23-14(21)10-6-16-15(22)18-13(10)20/h3-6H,7H2,1-2H3,(H,17,19)(H2,16,18,20,22). The molecule has 120 valence electrons. The molecule has 0 atom stereocenters. The van der Waals surface area contributed by atoms with E-state index in [0.29, 0.717) is 5.69 Å². The number of esters is 1. The van der Waals surface area contributed by atoms with Crippen LogP contribution in [0.4, 0.5) is 5.69 Å². The lowest BCUT2D eigenvalue weighted by atomic mass is 10.1. The second-order valence-corrected chi connectivity index (χ2v) is 4.93. The second kappa shape index (κ2) is 6.73. The Bertz CT molecular complexity index is 866. The van der Waals surface area contributed by atoms with Gasteiger partial charge in [-0.3, -0.25) is 14.6 Å². The zero-order valence-electron chi connectivity index (χ0n) is 12.6. The maximum atomic E-state index is 11.8. The lowest BCUT2D eigenvalue weighted by molar-refractivity contribution is -0.119. The summed E-state index contributed by atoms with van der Waals surface area (Å²) in [6.07, 6.45) is 0.936. The number of nitrogens with one attached hydrogen (secondary N) is 3. The Morgan fingerprint density at radius 1 is 1.22 bits per heavy atom. The predicted molar refractivity (Wildman–Crippen MR) is 82.5 cm³/mol. The summed E-state index contributed by atoms with van der Waals surface area (Å²) in [5.41, 5.74) is 0.543. The number of ether oxygens (including phenoxy) is 1. The fourth-order valence-corrected chi connectivity index (χ4v) is 1.91. The molecule has 0 spiro atoms. The Balaban J connectivity index is 1.97. The number of hydrogen-bond acceptors (Lipinski definition) is 5. The number of carbonyl (C=O) groups is 2. The molecule has 3 N–H and O–H groups in total. The van der Waals surface area contributed by atoms with E-state index in [1.165, 1.54) is 0 Å². The molecule has 0 fully saturated rings. The minimum absolute atomic E-state index is 0.385. The molecule has 1 aromatic heterocycles. The van der Waals surface area contributed by atoms with Crippen LogP contribution < -0.4 is 16.6 Å². The van der Waals surface area contributed by atoms with Crippen LogP contribution in [0.5, 0.6) is 0 Å². The van der Waals surface area contributed by atoms with E-state index in [9.17, 15) is 19.2 Å². The topological polar surface area (TPSA) is 121 Å². The van der Waals surface area contributed by atoms with Crippen LogP contribution >= 0.6 is 0 Å². The average Bonchev–Trinajstić information content (AvgIpc) is 2.48. The van der Waals surface area contributed by atoms with E-state index in [2.05, 4.69) is 10.3 Å². The number of hydrogen-bond donors (Lipinski definition) is 3. The molecule has 0 unspecified atom stereocenters. The number of amides is 1. The third-order valence-electron chi connectivity index (χ3n) is 3.03. The second-order valence-electron chi connectivity index (χ2n) is 4.93. The molecule has 2 aromatic rings. The molecular formula is C15H15N3O5. The lowest BCUT2D eigenvalue weighted by Gasteiger charge is -2.09. The molecule has 0 aliphatic heterocycles. The van der Waals surface area contributed by atoms with Gasteiger partial charge in [-0.1, -0.05) is 17.7 Å². The van der Waals surface area contributed by atoms with E-state index in [-0.39, 0.29) is 5.56 Å². The SMILES string of the molecule is Cc1ccc(NC(=O)COC(=O)c2c[nH]c(=O)[nH]c2=O)c(C)c1. The van der Waals surface area contributed by atoms with Gasteiger partial charge in [0.05, 0.1) is 0 Å². The molecule has 0 bridgehead atoms. The third-order valence-corrected chi connectivity index (χ3v) is 3.03. The molecule has 1 amide bonds. The smallest absolute Gasteiger partial charge is 0.345 e. The van der Waals surface area contributed by atoms with Crippen molar-refractivity contribution >= 4 is 17.6 Å². The van der Waals surface area contributed by atoms with Gasteiger partial charge in [0.1, 0.15) is 5.56 Å². The van der Waals surface area contributed by atoms with Gasteiger partial charge in [-0.15, -0.1) is 0 Å². The van der Waals surface area contributed by atoms with Crippen LogP contribution in [-0.2, 0) is 9.53 Å². The number of anilines is 1. The number of benzene rings is 1. The van der Waals surface area contributed by atoms with Gasteiger partial charge in [0, 0.05) is 11.9 Å². The molecule has 23 heavy (non-hydrogen) atoms. The van der Waals surface area contributed by atoms with Gasteiger partial charge in [0.2, 0.25) is 0 Å². The van der Waals surface area contributed by atoms with Crippen LogP contribution in [0.2, 0.25) is 0 Å². The van der Waals surface area contributed by atoms with Crippen molar-refractivity contribution in [3.63, 3.8) is 0 Å². The highest BCUT2D eigenvalue weighted by Gasteiger charge is 2.14. The Labute approximate surface area is 130 Å². The number of H-pyrrole nitrogens is 2. The summed E-state index contributed by atoms with van der Waals surface area (Å²) in [6, 6.07) is 5.49. The Morgan fingerprint density at radius 2 is 1.96 bits per heavy atom. The van der Waals surface area contributed by atoms with Gasteiger partial charge in [-0.2, -0.15) is 0 Å². The van der Waals surface area contributed by atoms with E-state index in [1.54, 1.807) is 6.07 Å². The Morgan fingerprint density at radius 3 is 2.61 bits per heavy atom. The van der Waals surface area contributed by atoms with Crippen molar-refractivity contribution in [2.75, 3.05) is 11.9 Å². The molecule has 1 heterocycles. The van der Waals surface area contributed by atoms with Crippen LogP contribution in [0.1, 0.15) is 21.5 Å². The lowest BCUT2D eigenvalue weighted by Crippen LogP contribution is -2.29. The molecule has 8 nitrogen and oxygen atoms in total. The highest BCUT2D eigenvalue weighted by Crippen LogP contribution is 2.15. The van der Waals surface area contributed by atoms with Gasteiger partial charge < -0.3 is 15.0 Å². The van der Waals surface area contributed by atoms with Crippen molar-refractivity contribution in [1.29, 1.82) is 0 Å². The van der Waals surface area contributed by atoms with Crippen molar-refractivity contribution in [1.82, 2.24) is 9.97 Å². The number of aromatic amines is 2. The van der Waals surface area contributed by atoms with Gasteiger partial charge in [0.15, 0.2) is 6.61 Å². The molecule has 8 heteroatoms. The van der Waals surface area contributed by atoms with E-state index >= 15 is 0 Å². The predicted octanol–water partition coefficient (Wildman–Crippen LogP) is 0.476. The van der Waals surface area contributed by atoms with E-state index in [0.717, 1.165) is 17.3 Å². The van der Waals surface area contributed by atoms with Gasteiger partial charge in [0.25, 0.3) is 11.5 Å². The zero-order valence-corrected chi connectivity index (χ0v) is 12.6. The Kier molecular flexibility index (Phi) is 4.75. The van der Waals surface area contributed by atoms with Gasteiger partial charge >= 0.3 is 11.7 Å². The number of carbonyl (C=O) groups excluding carboxylic acids is 2. The van der Waals surface area contributed by atoms with E-state index in [1.807, 2.05) is 31.0 Å².